The fourth-order valence-corrected chi connectivity index (χ4v) is 4.44. The van der Waals surface area contributed by atoms with E-state index in [1.54, 1.807) is 0 Å². The standard InChI is InChI=1S/C25H28ClN3O2/c1-16-3-5-18(6-4-16)15-27-24(30)17(2)19-9-11-29(12-10-19)25(31)23-14-20-13-21(26)7-8-22(20)28-23/h3-8,13-14,17,19,28H,9-12,15H2,1-2H3,(H,27,30)/t17-/m1/s1. The van der Waals surface area contributed by atoms with Gasteiger partial charge in [-0.05, 0) is 55.5 Å². The molecular weight excluding hydrogens is 410 g/mol. The number of amides is 2. The Hall–Kier alpha value is -2.79. The van der Waals surface area contributed by atoms with Gasteiger partial charge < -0.3 is 15.2 Å². The number of aromatic amines is 1. The number of fused-ring (bicyclic) bond motifs is 1. The number of piperidine rings is 1. The zero-order chi connectivity index (χ0) is 22.0. The molecule has 1 aliphatic heterocycles. The van der Waals surface area contributed by atoms with Crippen molar-refractivity contribution in [3.05, 3.63) is 70.4 Å². The van der Waals surface area contributed by atoms with E-state index in [-0.39, 0.29) is 23.7 Å². The summed E-state index contributed by atoms with van der Waals surface area (Å²) in [6, 6.07) is 15.6. The van der Waals surface area contributed by atoms with E-state index < -0.39 is 0 Å². The molecule has 6 heteroatoms. The lowest BCUT2D eigenvalue weighted by atomic mass is 9.84. The Morgan fingerprint density at radius 1 is 1.13 bits per heavy atom. The van der Waals surface area contributed by atoms with Crippen LogP contribution in [0.3, 0.4) is 0 Å². The fourth-order valence-electron chi connectivity index (χ4n) is 4.26. The molecule has 2 amide bonds. The summed E-state index contributed by atoms with van der Waals surface area (Å²) in [7, 11) is 0. The molecule has 0 radical (unpaired) electrons. The van der Waals surface area contributed by atoms with E-state index in [0.717, 1.165) is 29.3 Å². The highest BCUT2D eigenvalue weighted by molar-refractivity contribution is 6.31. The molecule has 0 saturated carbocycles. The number of rotatable bonds is 5. The Balaban J connectivity index is 1.30. The second kappa shape index (κ2) is 9.15. The molecule has 5 nitrogen and oxygen atoms in total. The summed E-state index contributed by atoms with van der Waals surface area (Å²) < 4.78 is 0. The van der Waals surface area contributed by atoms with Crippen LogP contribution in [0.5, 0.6) is 0 Å². The molecule has 0 bridgehead atoms. The quantitative estimate of drug-likeness (QED) is 0.594. The highest BCUT2D eigenvalue weighted by atomic mass is 35.5. The second-order valence-electron chi connectivity index (χ2n) is 8.54. The minimum atomic E-state index is -0.0714. The SMILES string of the molecule is Cc1ccc(CNC(=O)[C@H](C)C2CCN(C(=O)c3cc4cc(Cl)ccc4[nH]3)CC2)cc1. The number of hydrogen-bond donors (Lipinski definition) is 2. The van der Waals surface area contributed by atoms with Crippen LogP contribution in [-0.2, 0) is 11.3 Å². The molecule has 31 heavy (non-hydrogen) atoms. The summed E-state index contributed by atoms with van der Waals surface area (Å²) in [6.07, 6.45) is 1.66. The molecule has 0 aliphatic carbocycles. The third-order valence-electron chi connectivity index (χ3n) is 6.35. The van der Waals surface area contributed by atoms with E-state index in [4.69, 9.17) is 11.6 Å². The zero-order valence-electron chi connectivity index (χ0n) is 18.0. The molecule has 1 aliphatic rings. The molecule has 0 spiro atoms. The van der Waals surface area contributed by atoms with Crippen molar-refractivity contribution in [1.82, 2.24) is 15.2 Å². The first-order valence-corrected chi connectivity index (χ1v) is 11.2. The molecule has 1 atom stereocenters. The maximum absolute atomic E-state index is 12.9. The van der Waals surface area contributed by atoms with Crippen LogP contribution < -0.4 is 5.32 Å². The van der Waals surface area contributed by atoms with Crippen LogP contribution in [0.2, 0.25) is 5.02 Å². The Morgan fingerprint density at radius 2 is 1.84 bits per heavy atom. The summed E-state index contributed by atoms with van der Waals surface area (Å²) in [4.78, 5) is 30.6. The molecule has 0 unspecified atom stereocenters. The molecule has 2 aromatic carbocycles. The van der Waals surface area contributed by atoms with Crippen LogP contribution in [0.4, 0.5) is 0 Å². The van der Waals surface area contributed by atoms with Crippen molar-refractivity contribution < 1.29 is 9.59 Å². The van der Waals surface area contributed by atoms with Gasteiger partial charge in [-0.2, -0.15) is 0 Å². The van der Waals surface area contributed by atoms with Gasteiger partial charge in [0.2, 0.25) is 5.91 Å². The van der Waals surface area contributed by atoms with Gasteiger partial charge in [-0.15, -0.1) is 0 Å². The maximum atomic E-state index is 12.9. The van der Waals surface area contributed by atoms with E-state index in [1.165, 1.54) is 5.56 Å². The third kappa shape index (κ3) is 4.93. The van der Waals surface area contributed by atoms with E-state index in [2.05, 4.69) is 29.4 Å². The highest BCUT2D eigenvalue weighted by Gasteiger charge is 2.30. The lowest BCUT2D eigenvalue weighted by Gasteiger charge is -2.34. The monoisotopic (exact) mass is 437 g/mol. The van der Waals surface area contributed by atoms with Crippen molar-refractivity contribution in [2.45, 2.75) is 33.2 Å². The van der Waals surface area contributed by atoms with Crippen molar-refractivity contribution in [1.29, 1.82) is 0 Å². The highest BCUT2D eigenvalue weighted by Crippen LogP contribution is 2.27. The minimum Gasteiger partial charge on any atom is -0.352 e. The number of H-pyrrole nitrogens is 1. The Labute approximate surface area is 187 Å². The van der Waals surface area contributed by atoms with E-state index in [9.17, 15) is 9.59 Å². The van der Waals surface area contributed by atoms with Gasteiger partial charge in [-0.3, -0.25) is 9.59 Å². The van der Waals surface area contributed by atoms with Gasteiger partial charge in [0.15, 0.2) is 0 Å². The number of halogens is 1. The van der Waals surface area contributed by atoms with Crippen LogP contribution in [-0.4, -0.2) is 34.8 Å². The molecular formula is C25H28ClN3O2. The molecule has 1 aromatic heterocycles. The van der Waals surface area contributed by atoms with Gasteiger partial charge in [0.25, 0.3) is 5.91 Å². The van der Waals surface area contributed by atoms with Gasteiger partial charge in [0, 0.05) is 41.5 Å². The number of aryl methyl sites for hydroxylation is 1. The predicted octanol–water partition coefficient (Wildman–Crippen LogP) is 4.93. The van der Waals surface area contributed by atoms with E-state index in [0.29, 0.717) is 30.4 Å². The second-order valence-corrected chi connectivity index (χ2v) is 8.97. The third-order valence-corrected chi connectivity index (χ3v) is 6.58. The van der Waals surface area contributed by atoms with Gasteiger partial charge in [0.05, 0.1) is 0 Å². The van der Waals surface area contributed by atoms with Gasteiger partial charge >= 0.3 is 0 Å². The lowest BCUT2D eigenvalue weighted by Crippen LogP contribution is -2.42. The Kier molecular flexibility index (Phi) is 6.33. The maximum Gasteiger partial charge on any atom is 0.270 e. The van der Waals surface area contributed by atoms with Crippen LogP contribution in [0.15, 0.2) is 48.5 Å². The smallest absolute Gasteiger partial charge is 0.270 e. The van der Waals surface area contributed by atoms with Crippen LogP contribution in [0.25, 0.3) is 10.9 Å². The number of carbonyl (C=O) groups excluding carboxylic acids is 2. The Bertz CT molecular complexity index is 1080. The summed E-state index contributed by atoms with van der Waals surface area (Å²) in [6.45, 7) is 5.92. The van der Waals surface area contributed by atoms with Crippen LogP contribution >= 0.6 is 11.6 Å². The number of benzene rings is 2. The normalized spacial score (nSPS) is 15.8. The number of hydrogen-bond acceptors (Lipinski definition) is 2. The topological polar surface area (TPSA) is 65.2 Å². The summed E-state index contributed by atoms with van der Waals surface area (Å²) in [5, 5.41) is 4.65. The molecule has 3 aromatic rings. The van der Waals surface area contributed by atoms with Crippen LogP contribution in [0.1, 0.15) is 41.4 Å². The summed E-state index contributed by atoms with van der Waals surface area (Å²) in [5.74, 6) is 0.293. The molecule has 2 N–H and O–H groups in total. The predicted molar refractivity (Wildman–Crippen MR) is 124 cm³/mol. The molecule has 1 saturated heterocycles. The number of aromatic nitrogens is 1. The number of carbonyl (C=O) groups is 2. The van der Waals surface area contributed by atoms with Crippen molar-refractivity contribution in [3.63, 3.8) is 0 Å². The minimum absolute atomic E-state index is 0.00208. The van der Waals surface area contributed by atoms with Gasteiger partial charge in [0.1, 0.15) is 5.69 Å². The lowest BCUT2D eigenvalue weighted by molar-refractivity contribution is -0.126. The number of nitrogens with zero attached hydrogens (tertiary/aromatic N) is 1. The Morgan fingerprint density at radius 3 is 2.55 bits per heavy atom. The van der Waals surface area contributed by atoms with Crippen LogP contribution in [0, 0.1) is 18.8 Å². The molecule has 2 heterocycles. The van der Waals surface area contributed by atoms with E-state index in [1.807, 2.05) is 48.2 Å². The van der Waals surface area contributed by atoms with Crippen molar-refractivity contribution in [2.24, 2.45) is 11.8 Å². The van der Waals surface area contributed by atoms with Gasteiger partial charge in [-0.1, -0.05) is 48.4 Å². The first-order chi connectivity index (χ1) is 14.9. The van der Waals surface area contributed by atoms with Crippen molar-refractivity contribution in [2.75, 3.05) is 13.1 Å². The largest absolute Gasteiger partial charge is 0.352 e. The van der Waals surface area contributed by atoms with Crippen molar-refractivity contribution >= 4 is 34.3 Å². The van der Waals surface area contributed by atoms with Crippen molar-refractivity contribution in [3.8, 4) is 0 Å². The number of likely N-dealkylation sites (tertiary alicyclic amines) is 1. The summed E-state index contributed by atoms with van der Waals surface area (Å²) >= 11 is 6.05. The molecule has 4 rings (SSSR count). The summed E-state index contributed by atoms with van der Waals surface area (Å²) in [5.41, 5.74) is 3.80. The van der Waals surface area contributed by atoms with Gasteiger partial charge in [-0.25, -0.2) is 0 Å². The zero-order valence-corrected chi connectivity index (χ0v) is 18.7. The fraction of sp³-hybridized carbons (Fsp3) is 0.360. The number of nitrogens with one attached hydrogen (secondary N) is 2. The average Bonchev–Trinajstić information content (AvgIpc) is 3.21. The molecule has 162 valence electrons. The van der Waals surface area contributed by atoms with E-state index >= 15 is 0 Å². The first-order valence-electron chi connectivity index (χ1n) is 10.8. The first kappa shape index (κ1) is 21.4. The molecule has 1 fully saturated rings. The average molecular weight is 438 g/mol.